The molecule has 152 valence electrons. The summed E-state index contributed by atoms with van der Waals surface area (Å²) in [5.74, 6) is -0.777. The maximum Gasteiger partial charge on any atom is 0.246 e. The van der Waals surface area contributed by atoms with Gasteiger partial charge in [-0.05, 0) is 25.5 Å². The van der Waals surface area contributed by atoms with Crippen molar-refractivity contribution in [2.45, 2.75) is 50.5 Å². The Balaban J connectivity index is 1.81. The molecule has 0 aromatic heterocycles. The lowest BCUT2D eigenvalue weighted by atomic mass is 10.1. The Hall–Kier alpha value is -1.51. The fourth-order valence-electron chi connectivity index (χ4n) is 3.22. The fourth-order valence-corrected chi connectivity index (χ4v) is 4.70. The molecule has 8 heteroatoms. The third-order valence-corrected chi connectivity index (χ3v) is 6.73. The molecule has 0 unspecified atom stereocenters. The Bertz CT molecular complexity index is 719. The minimum Gasteiger partial charge on any atom is -0.353 e. The van der Waals surface area contributed by atoms with Crippen LogP contribution in [0, 0.1) is 5.82 Å². The predicted molar refractivity (Wildman–Crippen MR) is 103 cm³/mol. The fraction of sp³-hybridized carbons (Fsp3) is 0.632. The quantitative estimate of drug-likeness (QED) is 0.647. The maximum atomic E-state index is 13.9. The molecule has 2 rings (SSSR count). The van der Waals surface area contributed by atoms with Crippen LogP contribution in [0.2, 0.25) is 0 Å². The van der Waals surface area contributed by atoms with Crippen molar-refractivity contribution in [3.05, 3.63) is 30.1 Å². The number of piperazine rings is 1. The Morgan fingerprint density at radius 1 is 1.19 bits per heavy atom. The first-order valence-electron chi connectivity index (χ1n) is 9.61. The third-order valence-electron chi connectivity index (χ3n) is 4.80. The summed E-state index contributed by atoms with van der Waals surface area (Å²) >= 11 is 0. The van der Waals surface area contributed by atoms with E-state index in [2.05, 4.69) is 12.2 Å². The van der Waals surface area contributed by atoms with E-state index in [1.54, 1.807) is 0 Å². The average molecular weight is 400 g/mol. The van der Waals surface area contributed by atoms with Crippen LogP contribution in [-0.2, 0) is 14.8 Å². The number of halogens is 1. The van der Waals surface area contributed by atoms with Gasteiger partial charge in [-0.1, -0.05) is 38.3 Å². The third kappa shape index (κ3) is 6.26. The summed E-state index contributed by atoms with van der Waals surface area (Å²) < 4.78 is 40.3. The van der Waals surface area contributed by atoms with Crippen molar-refractivity contribution in [2.75, 3.05) is 32.7 Å². The molecule has 0 saturated carbocycles. The number of unbranched alkanes of at least 4 members (excludes halogenated alkanes) is 2. The molecule has 1 atom stereocenters. The zero-order chi connectivity index (χ0) is 19.9. The largest absolute Gasteiger partial charge is 0.353 e. The number of amides is 1. The summed E-state index contributed by atoms with van der Waals surface area (Å²) in [5.41, 5.74) is 0. The van der Waals surface area contributed by atoms with E-state index in [9.17, 15) is 17.6 Å². The number of nitrogens with zero attached hydrogens (tertiary/aromatic N) is 2. The van der Waals surface area contributed by atoms with Crippen molar-refractivity contribution in [3.63, 3.8) is 0 Å². The summed E-state index contributed by atoms with van der Waals surface area (Å²) in [4.78, 5) is 13.8. The first-order valence-corrected chi connectivity index (χ1v) is 11.0. The van der Waals surface area contributed by atoms with Gasteiger partial charge in [-0.15, -0.1) is 0 Å². The number of hydrogen-bond acceptors (Lipinski definition) is 4. The molecule has 0 bridgehead atoms. The zero-order valence-corrected chi connectivity index (χ0v) is 17.0. The second kappa shape index (κ2) is 10.1. The molecule has 27 heavy (non-hydrogen) atoms. The lowest BCUT2D eigenvalue weighted by Crippen LogP contribution is -2.51. The number of hydrogen-bond donors (Lipinski definition) is 1. The van der Waals surface area contributed by atoms with E-state index in [-0.39, 0.29) is 36.5 Å². The highest BCUT2D eigenvalue weighted by atomic mass is 32.2. The topological polar surface area (TPSA) is 69.7 Å². The summed E-state index contributed by atoms with van der Waals surface area (Å²) in [5, 5.41) is 3.00. The number of benzene rings is 1. The Kier molecular flexibility index (Phi) is 8.19. The lowest BCUT2D eigenvalue weighted by Gasteiger charge is -2.33. The van der Waals surface area contributed by atoms with Gasteiger partial charge in [-0.25, -0.2) is 12.8 Å². The molecule has 1 N–H and O–H groups in total. The SMILES string of the molecule is CCCCC[C@@H](C)NC(=O)CN1CCN(S(=O)(=O)c2ccccc2F)CC1. The standard InChI is InChI=1S/C19H30FN3O3S/c1-3-4-5-8-16(2)21-19(24)15-22-11-13-23(14-12-22)27(25,26)18-10-7-6-9-17(18)20/h6-7,9-10,16H,3-5,8,11-15H2,1-2H3,(H,21,24)/t16-/m1/s1. The van der Waals surface area contributed by atoms with Gasteiger partial charge in [0, 0.05) is 32.2 Å². The predicted octanol–water partition coefficient (Wildman–Crippen LogP) is 2.22. The second-order valence-electron chi connectivity index (χ2n) is 7.07. The van der Waals surface area contributed by atoms with Gasteiger partial charge in [-0.2, -0.15) is 4.31 Å². The van der Waals surface area contributed by atoms with E-state index < -0.39 is 15.8 Å². The van der Waals surface area contributed by atoms with Crippen LogP contribution in [0.4, 0.5) is 4.39 Å². The minimum absolute atomic E-state index is 0.0376. The van der Waals surface area contributed by atoms with Gasteiger partial charge in [0.2, 0.25) is 15.9 Å². The van der Waals surface area contributed by atoms with Crippen molar-refractivity contribution in [3.8, 4) is 0 Å². The Morgan fingerprint density at radius 3 is 2.48 bits per heavy atom. The first kappa shape index (κ1) is 21.8. The number of carbonyl (C=O) groups is 1. The molecule has 1 aliphatic rings. The van der Waals surface area contributed by atoms with Crippen molar-refractivity contribution in [2.24, 2.45) is 0 Å². The molecule has 1 aliphatic heterocycles. The van der Waals surface area contributed by atoms with Crippen LogP contribution < -0.4 is 5.32 Å². The van der Waals surface area contributed by atoms with E-state index in [1.165, 1.54) is 28.9 Å². The molecule has 1 heterocycles. The molecular weight excluding hydrogens is 369 g/mol. The summed E-state index contributed by atoms with van der Waals surface area (Å²) in [6.07, 6.45) is 4.39. The van der Waals surface area contributed by atoms with Crippen LogP contribution >= 0.6 is 0 Å². The summed E-state index contributed by atoms with van der Waals surface area (Å²) in [7, 11) is -3.85. The number of sulfonamides is 1. The van der Waals surface area contributed by atoms with Crippen LogP contribution in [0.1, 0.15) is 39.5 Å². The molecule has 1 saturated heterocycles. The molecule has 1 aromatic carbocycles. The Morgan fingerprint density at radius 2 is 1.85 bits per heavy atom. The van der Waals surface area contributed by atoms with E-state index in [4.69, 9.17) is 0 Å². The van der Waals surface area contributed by atoms with Crippen molar-refractivity contribution < 1.29 is 17.6 Å². The monoisotopic (exact) mass is 399 g/mol. The second-order valence-corrected chi connectivity index (χ2v) is 8.98. The Labute approximate surface area is 161 Å². The lowest BCUT2D eigenvalue weighted by molar-refractivity contribution is -0.123. The molecule has 0 spiro atoms. The number of nitrogens with one attached hydrogen (secondary N) is 1. The highest BCUT2D eigenvalue weighted by Gasteiger charge is 2.30. The van der Waals surface area contributed by atoms with Gasteiger partial charge in [0.15, 0.2) is 0 Å². The van der Waals surface area contributed by atoms with Crippen molar-refractivity contribution in [1.29, 1.82) is 0 Å². The van der Waals surface area contributed by atoms with Gasteiger partial charge >= 0.3 is 0 Å². The maximum absolute atomic E-state index is 13.9. The van der Waals surface area contributed by atoms with Gasteiger partial charge in [0.05, 0.1) is 6.54 Å². The highest BCUT2D eigenvalue weighted by molar-refractivity contribution is 7.89. The smallest absolute Gasteiger partial charge is 0.246 e. The number of carbonyl (C=O) groups excluding carboxylic acids is 1. The van der Waals surface area contributed by atoms with E-state index in [0.29, 0.717) is 13.1 Å². The van der Waals surface area contributed by atoms with E-state index >= 15 is 0 Å². The first-order chi connectivity index (χ1) is 12.8. The molecule has 0 radical (unpaired) electrons. The van der Waals surface area contributed by atoms with Gasteiger partial charge in [-0.3, -0.25) is 9.69 Å². The summed E-state index contributed by atoms with van der Waals surface area (Å²) in [6, 6.07) is 5.55. The molecule has 1 fully saturated rings. The molecular formula is C19H30FN3O3S. The molecule has 1 amide bonds. The average Bonchev–Trinajstić information content (AvgIpc) is 2.62. The number of rotatable bonds is 9. The molecule has 6 nitrogen and oxygen atoms in total. The van der Waals surface area contributed by atoms with Crippen molar-refractivity contribution in [1.82, 2.24) is 14.5 Å². The van der Waals surface area contributed by atoms with E-state index in [1.807, 2.05) is 11.8 Å². The van der Waals surface area contributed by atoms with E-state index in [0.717, 1.165) is 25.3 Å². The van der Waals surface area contributed by atoms with Crippen LogP contribution in [-0.4, -0.2) is 62.3 Å². The van der Waals surface area contributed by atoms with Crippen molar-refractivity contribution >= 4 is 15.9 Å². The van der Waals surface area contributed by atoms with Gasteiger partial charge in [0.25, 0.3) is 0 Å². The van der Waals surface area contributed by atoms with Crippen LogP contribution in [0.15, 0.2) is 29.2 Å². The van der Waals surface area contributed by atoms with Crippen LogP contribution in [0.3, 0.4) is 0 Å². The van der Waals surface area contributed by atoms with Gasteiger partial charge < -0.3 is 5.32 Å². The molecule has 1 aromatic rings. The zero-order valence-electron chi connectivity index (χ0n) is 16.2. The molecule has 0 aliphatic carbocycles. The minimum atomic E-state index is -3.85. The van der Waals surface area contributed by atoms with Crippen LogP contribution in [0.5, 0.6) is 0 Å². The summed E-state index contributed by atoms with van der Waals surface area (Å²) in [6.45, 7) is 5.80. The van der Waals surface area contributed by atoms with Crippen LogP contribution in [0.25, 0.3) is 0 Å². The normalized spacial score (nSPS) is 17.6. The highest BCUT2D eigenvalue weighted by Crippen LogP contribution is 2.20. The van der Waals surface area contributed by atoms with Gasteiger partial charge in [0.1, 0.15) is 10.7 Å².